The molecule has 2 aliphatic rings. The monoisotopic (exact) mass is 420 g/mol. The number of nitrogens with one attached hydrogen (secondary N) is 1. The van der Waals surface area contributed by atoms with Crippen LogP contribution in [-0.2, 0) is 9.59 Å². The maximum atomic E-state index is 12.8. The molecule has 2 fully saturated rings. The van der Waals surface area contributed by atoms with Crippen molar-refractivity contribution in [2.45, 2.75) is 45.6 Å². The van der Waals surface area contributed by atoms with Crippen LogP contribution < -0.4 is 10.1 Å². The second-order valence-electron chi connectivity index (χ2n) is 7.71. The number of carbonyl (C=O) groups excluding carboxylic acids is 2. The van der Waals surface area contributed by atoms with E-state index in [2.05, 4.69) is 15.0 Å². The van der Waals surface area contributed by atoms with Crippen LogP contribution in [0.5, 0.6) is 5.75 Å². The molecule has 2 aromatic rings. The number of thiazole rings is 1. The third-order valence-electron chi connectivity index (χ3n) is 5.80. The van der Waals surface area contributed by atoms with Gasteiger partial charge in [0, 0.05) is 28.2 Å². The number of hydrogen-bond donors (Lipinski definition) is 1. The summed E-state index contributed by atoms with van der Waals surface area (Å²) in [6, 6.07) is 6.27. The van der Waals surface area contributed by atoms with E-state index in [0.29, 0.717) is 29.5 Å². The van der Waals surface area contributed by atoms with Gasteiger partial charge in [-0.3, -0.25) is 9.59 Å². The molecule has 0 saturated heterocycles. The van der Waals surface area contributed by atoms with Gasteiger partial charge in [-0.25, -0.2) is 4.98 Å². The number of rotatable bonds is 5. The van der Waals surface area contributed by atoms with Gasteiger partial charge in [-0.2, -0.15) is 8.78 Å². The van der Waals surface area contributed by atoms with E-state index in [0.717, 1.165) is 29.7 Å². The van der Waals surface area contributed by atoms with Gasteiger partial charge in [0.1, 0.15) is 11.5 Å². The lowest BCUT2D eigenvalue weighted by atomic mass is 9.67. The van der Waals surface area contributed by atoms with E-state index in [-0.39, 0.29) is 29.4 Å². The summed E-state index contributed by atoms with van der Waals surface area (Å²) >= 11 is 1.38. The van der Waals surface area contributed by atoms with Gasteiger partial charge in [0.25, 0.3) is 0 Å². The number of aromatic nitrogens is 1. The number of ketones is 1. The average Bonchev–Trinajstić information content (AvgIpc) is 3.01. The molecule has 0 radical (unpaired) electrons. The van der Waals surface area contributed by atoms with Gasteiger partial charge >= 0.3 is 6.61 Å². The molecule has 0 aliphatic heterocycles. The Hall–Kier alpha value is -2.35. The molecule has 8 heteroatoms. The van der Waals surface area contributed by atoms with Crippen LogP contribution in [0.3, 0.4) is 0 Å². The second kappa shape index (κ2) is 8.18. The van der Waals surface area contributed by atoms with Crippen LogP contribution in [0.1, 0.15) is 37.0 Å². The number of ether oxygens (including phenoxy) is 1. The summed E-state index contributed by atoms with van der Waals surface area (Å²) in [5.41, 5.74) is 1.46. The highest BCUT2D eigenvalue weighted by molar-refractivity contribution is 7.16. The topological polar surface area (TPSA) is 68.3 Å². The molecular formula is C21H22F2N2O3S. The van der Waals surface area contributed by atoms with Gasteiger partial charge in [0.15, 0.2) is 5.13 Å². The Morgan fingerprint density at radius 1 is 1.21 bits per heavy atom. The number of benzene rings is 1. The van der Waals surface area contributed by atoms with Gasteiger partial charge < -0.3 is 10.1 Å². The Balaban J connectivity index is 1.44. The Morgan fingerprint density at radius 3 is 2.48 bits per heavy atom. The first-order valence-electron chi connectivity index (χ1n) is 9.78. The number of amides is 1. The van der Waals surface area contributed by atoms with Crippen molar-refractivity contribution in [3.63, 3.8) is 0 Å². The number of carbonyl (C=O) groups is 2. The number of aryl methyl sites for hydroxylation is 1. The number of alkyl halides is 2. The molecule has 2 unspecified atom stereocenters. The molecule has 0 spiro atoms. The van der Waals surface area contributed by atoms with Crippen molar-refractivity contribution in [2.75, 3.05) is 5.32 Å². The van der Waals surface area contributed by atoms with E-state index in [9.17, 15) is 18.4 Å². The lowest BCUT2D eigenvalue weighted by Gasteiger charge is -2.36. The number of fused-ring (bicyclic) bond motifs is 2. The van der Waals surface area contributed by atoms with Gasteiger partial charge in [-0.15, -0.1) is 11.3 Å². The molecule has 1 heterocycles. The molecule has 154 valence electrons. The van der Waals surface area contributed by atoms with Gasteiger partial charge in [-0.05, 0) is 56.9 Å². The fourth-order valence-electron chi connectivity index (χ4n) is 4.41. The Bertz CT molecular complexity index is 897. The summed E-state index contributed by atoms with van der Waals surface area (Å²) in [5, 5.41) is 3.43. The summed E-state index contributed by atoms with van der Waals surface area (Å²) in [5.74, 6) is 0.257. The SMILES string of the molecule is Cc1sc(NC(=O)C2CC3CCCC(C2)C3=O)nc1-c1ccc(OC(F)F)cc1. The molecule has 2 aliphatic carbocycles. The molecule has 4 rings (SSSR count). The van der Waals surface area contributed by atoms with Crippen molar-refractivity contribution in [3.05, 3.63) is 29.1 Å². The van der Waals surface area contributed by atoms with Crippen LogP contribution in [0.4, 0.5) is 13.9 Å². The zero-order valence-corrected chi connectivity index (χ0v) is 16.8. The molecule has 2 bridgehead atoms. The third-order valence-corrected chi connectivity index (χ3v) is 6.68. The van der Waals surface area contributed by atoms with E-state index in [4.69, 9.17) is 0 Å². The molecular weight excluding hydrogens is 398 g/mol. The highest BCUT2D eigenvalue weighted by atomic mass is 32.1. The van der Waals surface area contributed by atoms with E-state index >= 15 is 0 Å². The highest BCUT2D eigenvalue weighted by Gasteiger charge is 2.41. The van der Waals surface area contributed by atoms with E-state index < -0.39 is 6.61 Å². The van der Waals surface area contributed by atoms with Gasteiger partial charge in [0.05, 0.1) is 5.69 Å². The zero-order valence-electron chi connectivity index (χ0n) is 16.0. The lowest BCUT2D eigenvalue weighted by Crippen LogP contribution is -2.40. The van der Waals surface area contributed by atoms with Crippen LogP contribution in [0.15, 0.2) is 24.3 Å². The predicted octanol–water partition coefficient (Wildman–Crippen LogP) is 5.05. The van der Waals surface area contributed by atoms with Crippen molar-refractivity contribution < 1.29 is 23.1 Å². The van der Waals surface area contributed by atoms with Crippen LogP contribution >= 0.6 is 11.3 Å². The van der Waals surface area contributed by atoms with Gasteiger partial charge in [0.2, 0.25) is 5.91 Å². The minimum Gasteiger partial charge on any atom is -0.435 e. The Labute approximate surface area is 171 Å². The minimum atomic E-state index is -2.86. The van der Waals surface area contributed by atoms with Crippen LogP contribution in [-0.4, -0.2) is 23.3 Å². The average molecular weight is 420 g/mol. The summed E-state index contributed by atoms with van der Waals surface area (Å²) in [7, 11) is 0. The smallest absolute Gasteiger partial charge is 0.387 e. The van der Waals surface area contributed by atoms with E-state index in [1.807, 2.05) is 6.92 Å². The summed E-state index contributed by atoms with van der Waals surface area (Å²) in [6.45, 7) is -0.964. The lowest BCUT2D eigenvalue weighted by molar-refractivity contribution is -0.136. The van der Waals surface area contributed by atoms with Crippen molar-refractivity contribution >= 4 is 28.2 Å². The van der Waals surface area contributed by atoms with Crippen LogP contribution in [0.2, 0.25) is 0 Å². The number of hydrogen-bond acceptors (Lipinski definition) is 5. The standard InChI is InChI=1S/C21H22F2N2O3S/c1-11-17(12-5-7-16(8-6-12)28-20(22)23)24-21(29-11)25-19(27)15-9-13-3-2-4-14(10-15)18(13)26/h5-8,13-15,20H,2-4,9-10H2,1H3,(H,24,25,27). The van der Waals surface area contributed by atoms with Crippen molar-refractivity contribution in [2.24, 2.45) is 17.8 Å². The molecule has 2 saturated carbocycles. The van der Waals surface area contributed by atoms with E-state index in [1.165, 1.54) is 23.5 Å². The normalized spacial score (nSPS) is 23.9. The maximum absolute atomic E-state index is 12.8. The first-order chi connectivity index (χ1) is 13.9. The fourth-order valence-corrected chi connectivity index (χ4v) is 5.25. The molecule has 2 atom stereocenters. The number of Topliss-reactive ketones (excluding diaryl/α,β-unsaturated/α-hetero) is 1. The van der Waals surface area contributed by atoms with Crippen molar-refractivity contribution in [1.82, 2.24) is 4.98 Å². The van der Waals surface area contributed by atoms with Crippen LogP contribution in [0, 0.1) is 24.7 Å². The predicted molar refractivity (Wildman–Crippen MR) is 106 cm³/mol. The highest BCUT2D eigenvalue weighted by Crippen LogP contribution is 2.41. The minimum absolute atomic E-state index is 0.0285. The molecule has 1 N–H and O–H groups in total. The second-order valence-corrected chi connectivity index (χ2v) is 8.91. The third kappa shape index (κ3) is 4.32. The Kier molecular flexibility index (Phi) is 5.63. The molecule has 1 aromatic carbocycles. The molecule has 1 amide bonds. The number of halogens is 2. The first kappa shape index (κ1) is 19.9. The van der Waals surface area contributed by atoms with Crippen molar-refractivity contribution in [3.8, 4) is 17.0 Å². The van der Waals surface area contributed by atoms with Crippen LogP contribution in [0.25, 0.3) is 11.3 Å². The summed E-state index contributed by atoms with van der Waals surface area (Å²) in [4.78, 5) is 30.4. The molecule has 1 aromatic heterocycles. The first-order valence-corrected chi connectivity index (χ1v) is 10.6. The molecule has 5 nitrogen and oxygen atoms in total. The fraction of sp³-hybridized carbons (Fsp3) is 0.476. The summed E-state index contributed by atoms with van der Waals surface area (Å²) < 4.78 is 28.9. The number of anilines is 1. The summed E-state index contributed by atoms with van der Waals surface area (Å²) in [6.07, 6.45) is 4.12. The molecule has 29 heavy (non-hydrogen) atoms. The largest absolute Gasteiger partial charge is 0.435 e. The van der Waals surface area contributed by atoms with Gasteiger partial charge in [-0.1, -0.05) is 6.42 Å². The Morgan fingerprint density at radius 2 is 1.86 bits per heavy atom. The zero-order chi connectivity index (χ0) is 20.5. The number of nitrogens with zero attached hydrogens (tertiary/aromatic N) is 1. The van der Waals surface area contributed by atoms with Crippen molar-refractivity contribution in [1.29, 1.82) is 0 Å². The maximum Gasteiger partial charge on any atom is 0.387 e. The van der Waals surface area contributed by atoms with E-state index in [1.54, 1.807) is 12.1 Å². The quantitative estimate of drug-likeness (QED) is 0.735.